The van der Waals surface area contributed by atoms with Crippen LogP contribution in [0.1, 0.15) is 25.0 Å². The molecular weight excluding hydrogens is 554 g/mol. The Morgan fingerprint density at radius 1 is 0.950 bits per heavy atom. The highest BCUT2D eigenvalue weighted by molar-refractivity contribution is 7.92. The van der Waals surface area contributed by atoms with Crippen molar-refractivity contribution in [2.45, 2.75) is 38.3 Å². The molecule has 0 heterocycles. The van der Waals surface area contributed by atoms with Gasteiger partial charge in [0.15, 0.2) is 11.5 Å². The van der Waals surface area contributed by atoms with Crippen molar-refractivity contribution in [3.8, 4) is 11.5 Å². The lowest BCUT2D eigenvalue weighted by Gasteiger charge is -2.32. The molecule has 1 atom stereocenters. The number of sulfonamides is 1. The second-order valence-corrected chi connectivity index (χ2v) is 11.4. The Balaban J connectivity index is 2.06. The van der Waals surface area contributed by atoms with Crippen molar-refractivity contribution in [2.75, 3.05) is 31.6 Å². The summed E-state index contributed by atoms with van der Waals surface area (Å²) in [6, 6.07) is 17.0. The van der Waals surface area contributed by atoms with Crippen LogP contribution in [0.5, 0.6) is 11.5 Å². The zero-order valence-electron chi connectivity index (χ0n) is 23.2. The number of methoxy groups -OCH3 is 2. The molecule has 0 fully saturated rings. The number of halogens is 1. The van der Waals surface area contributed by atoms with Gasteiger partial charge in [0.05, 0.1) is 24.8 Å². The van der Waals surface area contributed by atoms with Crippen LogP contribution in [0.2, 0.25) is 5.02 Å². The van der Waals surface area contributed by atoms with Gasteiger partial charge in [0.25, 0.3) is 10.0 Å². The molecule has 0 saturated carbocycles. The molecule has 0 aliphatic carbocycles. The predicted molar refractivity (Wildman–Crippen MR) is 155 cm³/mol. The van der Waals surface area contributed by atoms with Gasteiger partial charge in [-0.1, -0.05) is 41.4 Å². The molecule has 2 amide bonds. The Labute approximate surface area is 240 Å². The van der Waals surface area contributed by atoms with E-state index in [4.69, 9.17) is 21.1 Å². The molecule has 0 spiro atoms. The molecule has 1 N–H and O–H groups in total. The molecule has 9 nitrogen and oxygen atoms in total. The third-order valence-electron chi connectivity index (χ3n) is 6.33. The normalized spacial score (nSPS) is 11.8. The number of carbonyl (C=O) groups is 2. The van der Waals surface area contributed by atoms with Crippen molar-refractivity contribution in [3.05, 3.63) is 82.9 Å². The summed E-state index contributed by atoms with van der Waals surface area (Å²) in [4.78, 5) is 28.0. The lowest BCUT2D eigenvalue weighted by atomic mass is 10.1. The topological polar surface area (TPSA) is 105 Å². The van der Waals surface area contributed by atoms with Gasteiger partial charge < -0.3 is 19.7 Å². The highest BCUT2D eigenvalue weighted by Crippen LogP contribution is 2.32. The van der Waals surface area contributed by atoms with Crippen LogP contribution >= 0.6 is 11.6 Å². The van der Waals surface area contributed by atoms with E-state index >= 15 is 0 Å². The van der Waals surface area contributed by atoms with E-state index in [2.05, 4.69) is 5.32 Å². The molecule has 214 valence electrons. The van der Waals surface area contributed by atoms with Gasteiger partial charge in [-0.25, -0.2) is 8.42 Å². The van der Waals surface area contributed by atoms with Gasteiger partial charge in [0, 0.05) is 24.2 Å². The fourth-order valence-electron chi connectivity index (χ4n) is 4.04. The summed E-state index contributed by atoms with van der Waals surface area (Å²) in [7, 11) is -1.43. The smallest absolute Gasteiger partial charge is 0.264 e. The first-order chi connectivity index (χ1) is 19.0. The molecule has 3 aromatic carbocycles. The third-order valence-corrected chi connectivity index (χ3v) is 8.35. The predicted octanol–water partition coefficient (Wildman–Crippen LogP) is 4.41. The van der Waals surface area contributed by atoms with Crippen molar-refractivity contribution in [3.63, 3.8) is 0 Å². The summed E-state index contributed by atoms with van der Waals surface area (Å²) in [5.74, 6) is -0.325. The van der Waals surface area contributed by atoms with E-state index in [0.29, 0.717) is 17.3 Å². The second-order valence-electron chi connectivity index (χ2n) is 9.08. The number of aryl methyl sites for hydroxylation is 1. The number of anilines is 1. The number of nitrogens with one attached hydrogen (secondary N) is 1. The summed E-state index contributed by atoms with van der Waals surface area (Å²) >= 11 is 6.07. The molecule has 3 aromatic rings. The number of ether oxygens (including phenoxy) is 2. The van der Waals surface area contributed by atoms with Gasteiger partial charge in [-0.3, -0.25) is 13.9 Å². The zero-order valence-corrected chi connectivity index (χ0v) is 24.8. The number of nitrogens with zero attached hydrogens (tertiary/aromatic N) is 2. The van der Waals surface area contributed by atoms with Gasteiger partial charge in [-0.2, -0.15) is 0 Å². The third kappa shape index (κ3) is 7.25. The molecule has 0 radical (unpaired) electrons. The molecule has 0 bridgehead atoms. The van der Waals surface area contributed by atoms with Crippen molar-refractivity contribution in [1.29, 1.82) is 0 Å². The van der Waals surface area contributed by atoms with Crippen LogP contribution in [-0.4, -0.2) is 58.5 Å². The minimum atomic E-state index is -4.28. The first-order valence-electron chi connectivity index (χ1n) is 12.6. The number of hydrogen-bond donors (Lipinski definition) is 1. The molecule has 0 unspecified atom stereocenters. The first kappa shape index (κ1) is 30.8. The van der Waals surface area contributed by atoms with Crippen LogP contribution in [-0.2, 0) is 26.2 Å². The van der Waals surface area contributed by atoms with Crippen LogP contribution in [0, 0.1) is 6.92 Å². The Morgan fingerprint density at radius 3 is 2.15 bits per heavy atom. The molecule has 11 heteroatoms. The average molecular weight is 588 g/mol. The Morgan fingerprint density at radius 2 is 1.57 bits per heavy atom. The lowest BCUT2D eigenvalue weighted by molar-refractivity contribution is -0.139. The minimum absolute atomic E-state index is 0.102. The number of hydrogen-bond acceptors (Lipinski definition) is 6. The number of benzene rings is 3. The Hall–Kier alpha value is -3.76. The van der Waals surface area contributed by atoms with Crippen molar-refractivity contribution in [1.82, 2.24) is 10.2 Å². The van der Waals surface area contributed by atoms with Gasteiger partial charge in [-0.15, -0.1) is 0 Å². The maximum atomic E-state index is 14.0. The summed E-state index contributed by atoms with van der Waals surface area (Å²) < 4.78 is 39.5. The summed E-state index contributed by atoms with van der Waals surface area (Å²) in [6.45, 7) is 5.30. The van der Waals surface area contributed by atoms with E-state index in [1.165, 1.54) is 49.5 Å². The van der Waals surface area contributed by atoms with E-state index in [-0.39, 0.29) is 28.8 Å². The average Bonchev–Trinajstić information content (AvgIpc) is 2.95. The van der Waals surface area contributed by atoms with Crippen LogP contribution < -0.4 is 19.1 Å². The summed E-state index contributed by atoms with van der Waals surface area (Å²) in [5.41, 5.74) is 2.08. The molecule has 0 aromatic heterocycles. The number of carbonyl (C=O) groups excluding carboxylic acids is 2. The molecular formula is C29H34ClN3O6S. The van der Waals surface area contributed by atoms with Gasteiger partial charge in [-0.05, 0) is 62.7 Å². The minimum Gasteiger partial charge on any atom is -0.493 e. The SMILES string of the molecule is CCNC(=O)[C@H](C)N(Cc1ccc(C)cc1)C(=O)CN(c1ccc(Cl)cc1)S(=O)(=O)c1ccc(OC)c(OC)c1. The Kier molecular flexibility index (Phi) is 10.4. The highest BCUT2D eigenvalue weighted by atomic mass is 35.5. The van der Waals surface area contributed by atoms with Gasteiger partial charge >= 0.3 is 0 Å². The fourth-order valence-corrected chi connectivity index (χ4v) is 5.59. The largest absolute Gasteiger partial charge is 0.493 e. The van der Waals surface area contributed by atoms with E-state index in [1.807, 2.05) is 31.2 Å². The number of likely N-dealkylation sites (N-methyl/N-ethyl adjacent to an activating group) is 1. The van der Waals surface area contributed by atoms with E-state index in [0.717, 1.165) is 15.4 Å². The van der Waals surface area contributed by atoms with Crippen LogP contribution in [0.25, 0.3) is 0 Å². The van der Waals surface area contributed by atoms with E-state index < -0.39 is 28.5 Å². The maximum absolute atomic E-state index is 14.0. The second kappa shape index (κ2) is 13.5. The first-order valence-corrected chi connectivity index (χ1v) is 14.5. The van der Waals surface area contributed by atoms with Crippen molar-refractivity contribution >= 4 is 39.1 Å². The van der Waals surface area contributed by atoms with Gasteiger partial charge in [0.1, 0.15) is 12.6 Å². The molecule has 0 saturated heterocycles. The lowest BCUT2D eigenvalue weighted by Crippen LogP contribution is -2.51. The van der Waals surface area contributed by atoms with Gasteiger partial charge in [0.2, 0.25) is 11.8 Å². The molecule has 0 aliphatic heterocycles. The zero-order chi connectivity index (χ0) is 29.4. The molecule has 3 rings (SSSR count). The Bertz CT molecular complexity index is 1430. The monoisotopic (exact) mass is 587 g/mol. The maximum Gasteiger partial charge on any atom is 0.264 e. The number of amides is 2. The van der Waals surface area contributed by atoms with Crippen LogP contribution in [0.3, 0.4) is 0 Å². The van der Waals surface area contributed by atoms with Crippen LogP contribution in [0.15, 0.2) is 71.6 Å². The summed E-state index contributed by atoms with van der Waals surface area (Å²) in [6.07, 6.45) is 0. The van der Waals surface area contributed by atoms with E-state index in [9.17, 15) is 18.0 Å². The molecule has 0 aliphatic rings. The highest BCUT2D eigenvalue weighted by Gasteiger charge is 2.33. The molecule has 40 heavy (non-hydrogen) atoms. The van der Waals surface area contributed by atoms with E-state index in [1.54, 1.807) is 26.0 Å². The fraction of sp³-hybridized carbons (Fsp3) is 0.310. The van der Waals surface area contributed by atoms with Crippen molar-refractivity contribution < 1.29 is 27.5 Å². The van der Waals surface area contributed by atoms with Crippen molar-refractivity contribution in [2.24, 2.45) is 0 Å². The summed E-state index contributed by atoms with van der Waals surface area (Å²) in [5, 5.41) is 3.15. The number of rotatable bonds is 12. The van der Waals surface area contributed by atoms with Crippen LogP contribution in [0.4, 0.5) is 5.69 Å². The quantitative estimate of drug-likeness (QED) is 0.336. The standard InChI is InChI=1S/C29H34ClN3O6S/c1-6-31-29(35)21(3)32(18-22-9-7-20(2)8-10-22)28(34)19-33(24-13-11-23(30)12-14-24)40(36,37)25-15-16-26(38-4)27(17-25)39-5/h7-17,21H,6,18-19H2,1-5H3,(H,31,35)/t21-/m0/s1.